The predicted molar refractivity (Wildman–Crippen MR) is 147 cm³/mol. The van der Waals surface area contributed by atoms with E-state index in [9.17, 15) is 4.79 Å². The number of aliphatic imine (C=N–C) groups is 1. The SMILES string of the molecule is C=Cc1[nH]c(C(=O)NCCC)c(C)c1C(=NC)Nc1ccc(NCc2cccc(C)c2)c(C=N)c1. The molecule has 0 bridgehead atoms. The van der Waals surface area contributed by atoms with Gasteiger partial charge in [0.15, 0.2) is 0 Å². The average molecular weight is 471 g/mol. The van der Waals surface area contributed by atoms with Crippen LogP contribution in [0.15, 0.2) is 54.0 Å². The Morgan fingerprint density at radius 2 is 2.00 bits per heavy atom. The first-order valence-electron chi connectivity index (χ1n) is 11.7. The van der Waals surface area contributed by atoms with Gasteiger partial charge < -0.3 is 26.3 Å². The maximum atomic E-state index is 12.6. The molecule has 0 aliphatic heterocycles. The van der Waals surface area contributed by atoms with Gasteiger partial charge in [-0.2, -0.15) is 0 Å². The molecule has 0 fully saturated rings. The minimum atomic E-state index is -0.149. The van der Waals surface area contributed by atoms with Gasteiger partial charge >= 0.3 is 0 Å². The fourth-order valence-electron chi connectivity index (χ4n) is 3.94. The van der Waals surface area contributed by atoms with Crippen molar-refractivity contribution in [1.29, 1.82) is 5.41 Å². The van der Waals surface area contributed by atoms with E-state index in [4.69, 9.17) is 5.41 Å². The van der Waals surface area contributed by atoms with Gasteiger partial charge in [0.1, 0.15) is 11.5 Å². The zero-order valence-corrected chi connectivity index (χ0v) is 20.9. The van der Waals surface area contributed by atoms with E-state index < -0.39 is 0 Å². The molecule has 0 spiro atoms. The number of aromatic nitrogens is 1. The molecule has 0 atom stereocenters. The highest BCUT2D eigenvalue weighted by molar-refractivity contribution is 6.13. The maximum absolute atomic E-state index is 12.6. The van der Waals surface area contributed by atoms with Crippen LogP contribution in [0.1, 0.15) is 57.3 Å². The van der Waals surface area contributed by atoms with E-state index in [1.54, 1.807) is 13.1 Å². The number of benzene rings is 2. The molecule has 35 heavy (non-hydrogen) atoms. The first-order chi connectivity index (χ1) is 16.9. The molecule has 5 N–H and O–H groups in total. The monoisotopic (exact) mass is 470 g/mol. The molecule has 3 aromatic rings. The van der Waals surface area contributed by atoms with Gasteiger partial charge in [-0.25, -0.2) is 0 Å². The molecule has 1 amide bonds. The van der Waals surface area contributed by atoms with Gasteiger partial charge in [0, 0.05) is 54.5 Å². The molecule has 7 heteroatoms. The lowest BCUT2D eigenvalue weighted by Gasteiger charge is -2.14. The molecule has 0 aliphatic carbocycles. The standard InChI is InChI=1S/C28H34N6O/c1-6-13-31-28(35)26-19(4)25(23(7-2)34-26)27(30-5)33-22-11-12-24(21(15-22)16-29)32-17-20-10-8-9-18(3)14-20/h7-12,14-16,29,32,34H,2,6,13,17H2,1,3-5H3,(H,30,33)(H,31,35). The number of aromatic amines is 1. The highest BCUT2D eigenvalue weighted by Gasteiger charge is 2.21. The average Bonchev–Trinajstić information content (AvgIpc) is 3.20. The molecule has 0 unspecified atom stereocenters. The number of H-pyrrole nitrogens is 1. The second kappa shape index (κ2) is 11.8. The van der Waals surface area contributed by atoms with Gasteiger partial charge in [-0.1, -0.05) is 43.3 Å². The van der Waals surface area contributed by atoms with E-state index in [-0.39, 0.29) is 5.91 Å². The maximum Gasteiger partial charge on any atom is 0.268 e. The summed E-state index contributed by atoms with van der Waals surface area (Å²) in [6.07, 6.45) is 3.88. The topological polar surface area (TPSA) is 105 Å². The Morgan fingerprint density at radius 3 is 2.66 bits per heavy atom. The van der Waals surface area contributed by atoms with E-state index in [0.717, 1.165) is 40.2 Å². The Morgan fingerprint density at radius 1 is 1.20 bits per heavy atom. The molecule has 0 saturated carbocycles. The number of hydrogen-bond acceptors (Lipinski definition) is 4. The molecular formula is C28H34N6O. The van der Waals surface area contributed by atoms with Crippen molar-refractivity contribution in [2.24, 2.45) is 4.99 Å². The van der Waals surface area contributed by atoms with Crippen LogP contribution in [0, 0.1) is 19.3 Å². The normalized spacial score (nSPS) is 11.1. The number of carbonyl (C=O) groups excluding carboxylic acids is 1. The van der Waals surface area contributed by atoms with Crippen molar-refractivity contribution in [3.8, 4) is 0 Å². The Bertz CT molecular complexity index is 1250. The number of hydrogen-bond donors (Lipinski definition) is 5. The molecule has 0 aliphatic rings. The fourth-order valence-corrected chi connectivity index (χ4v) is 3.94. The van der Waals surface area contributed by atoms with E-state index >= 15 is 0 Å². The zero-order valence-electron chi connectivity index (χ0n) is 20.9. The second-order valence-electron chi connectivity index (χ2n) is 8.36. The van der Waals surface area contributed by atoms with Gasteiger partial charge in [-0.15, -0.1) is 0 Å². The van der Waals surface area contributed by atoms with Crippen LogP contribution >= 0.6 is 0 Å². The van der Waals surface area contributed by atoms with Crippen molar-refractivity contribution >= 4 is 35.4 Å². The van der Waals surface area contributed by atoms with Crippen molar-refractivity contribution in [3.63, 3.8) is 0 Å². The minimum Gasteiger partial charge on any atom is -0.380 e. The molecule has 1 heterocycles. The van der Waals surface area contributed by atoms with Crippen LogP contribution in [0.4, 0.5) is 11.4 Å². The molecule has 7 nitrogen and oxygen atoms in total. The van der Waals surface area contributed by atoms with Crippen LogP contribution in [0.2, 0.25) is 0 Å². The Kier molecular flexibility index (Phi) is 8.62. The summed E-state index contributed by atoms with van der Waals surface area (Å²) in [7, 11) is 1.70. The minimum absolute atomic E-state index is 0.149. The number of carbonyl (C=O) groups is 1. The molecule has 3 rings (SSSR count). The summed E-state index contributed by atoms with van der Waals surface area (Å²) in [6.45, 7) is 11.2. The lowest BCUT2D eigenvalue weighted by Crippen LogP contribution is -2.25. The Hall–Kier alpha value is -4.13. The fraction of sp³-hybridized carbons (Fsp3) is 0.250. The second-order valence-corrected chi connectivity index (χ2v) is 8.36. The van der Waals surface area contributed by atoms with Gasteiger partial charge in [0.25, 0.3) is 5.91 Å². The third kappa shape index (κ3) is 6.06. The van der Waals surface area contributed by atoms with Crippen LogP contribution in [0.5, 0.6) is 0 Å². The van der Waals surface area contributed by atoms with Crippen LogP contribution < -0.4 is 16.0 Å². The van der Waals surface area contributed by atoms with Crippen molar-refractivity contribution in [1.82, 2.24) is 10.3 Å². The molecule has 2 aromatic carbocycles. The van der Waals surface area contributed by atoms with E-state index in [1.807, 2.05) is 38.1 Å². The number of nitrogens with zero attached hydrogens (tertiary/aromatic N) is 1. The highest BCUT2D eigenvalue weighted by Crippen LogP contribution is 2.24. The quantitative estimate of drug-likeness (QED) is 0.199. The number of aryl methyl sites for hydroxylation is 1. The lowest BCUT2D eigenvalue weighted by molar-refractivity contribution is 0.0948. The number of amidine groups is 1. The highest BCUT2D eigenvalue weighted by atomic mass is 16.1. The summed E-state index contributed by atoms with van der Waals surface area (Å²) < 4.78 is 0. The molecular weight excluding hydrogens is 436 g/mol. The van der Waals surface area contributed by atoms with Gasteiger partial charge in [0.2, 0.25) is 0 Å². The summed E-state index contributed by atoms with van der Waals surface area (Å²) in [6, 6.07) is 14.1. The lowest BCUT2D eigenvalue weighted by atomic mass is 10.1. The summed E-state index contributed by atoms with van der Waals surface area (Å²) in [4.78, 5) is 20.2. The van der Waals surface area contributed by atoms with E-state index in [2.05, 4.69) is 57.6 Å². The predicted octanol–water partition coefficient (Wildman–Crippen LogP) is 5.51. The molecule has 0 radical (unpaired) electrons. The van der Waals surface area contributed by atoms with Gasteiger partial charge in [-0.3, -0.25) is 9.79 Å². The smallest absolute Gasteiger partial charge is 0.268 e. The number of rotatable bonds is 10. The number of amides is 1. The van der Waals surface area contributed by atoms with Gasteiger partial charge in [-0.05, 0) is 55.7 Å². The van der Waals surface area contributed by atoms with Crippen LogP contribution in [0.3, 0.4) is 0 Å². The van der Waals surface area contributed by atoms with Crippen molar-refractivity contribution in [2.45, 2.75) is 33.7 Å². The first kappa shape index (κ1) is 25.5. The molecule has 1 aromatic heterocycles. The van der Waals surface area contributed by atoms with Crippen molar-refractivity contribution in [2.75, 3.05) is 24.2 Å². The van der Waals surface area contributed by atoms with E-state index in [1.165, 1.54) is 17.3 Å². The Labute approximate surface area is 207 Å². The Balaban J connectivity index is 1.83. The molecule has 182 valence electrons. The first-order valence-corrected chi connectivity index (χ1v) is 11.7. The van der Waals surface area contributed by atoms with Crippen LogP contribution in [0.25, 0.3) is 6.08 Å². The summed E-state index contributed by atoms with van der Waals surface area (Å²) in [5, 5.41) is 17.6. The third-order valence-electron chi connectivity index (χ3n) is 5.74. The number of nitrogens with one attached hydrogen (secondary N) is 5. The largest absolute Gasteiger partial charge is 0.380 e. The zero-order chi connectivity index (χ0) is 25.4. The third-order valence-corrected chi connectivity index (χ3v) is 5.74. The number of anilines is 2. The van der Waals surface area contributed by atoms with Crippen LogP contribution in [-0.2, 0) is 6.54 Å². The van der Waals surface area contributed by atoms with Crippen molar-refractivity contribution < 1.29 is 4.79 Å². The summed E-state index contributed by atoms with van der Waals surface area (Å²) in [5.74, 6) is 0.462. The van der Waals surface area contributed by atoms with E-state index in [0.29, 0.717) is 24.6 Å². The summed E-state index contributed by atoms with van der Waals surface area (Å²) >= 11 is 0. The van der Waals surface area contributed by atoms with Gasteiger partial charge in [0.05, 0.1) is 0 Å². The van der Waals surface area contributed by atoms with Crippen LogP contribution in [-0.4, -0.2) is 36.5 Å². The summed E-state index contributed by atoms with van der Waals surface area (Å²) in [5.41, 5.74) is 7.64. The van der Waals surface area contributed by atoms with Crippen molar-refractivity contribution in [3.05, 3.63) is 88.2 Å². The molecule has 0 saturated heterocycles.